The lowest BCUT2D eigenvalue weighted by molar-refractivity contribution is 0.201. The molecule has 2 aliphatic rings. The van der Waals surface area contributed by atoms with Gasteiger partial charge in [-0.1, -0.05) is 25.7 Å². The molecule has 0 aromatic heterocycles. The van der Waals surface area contributed by atoms with Crippen LogP contribution in [0.4, 0.5) is 0 Å². The summed E-state index contributed by atoms with van der Waals surface area (Å²) < 4.78 is 0. The molecule has 0 amide bonds. The average Bonchev–Trinajstić information content (AvgIpc) is 2.40. The molecule has 0 radical (unpaired) electrons. The summed E-state index contributed by atoms with van der Waals surface area (Å²) in [7, 11) is 8.48. The van der Waals surface area contributed by atoms with Crippen LogP contribution in [-0.2, 0) is 0 Å². The topological polar surface area (TPSA) is 58.5 Å². The predicted octanol–water partition coefficient (Wildman–Crippen LogP) is 1.64. The van der Waals surface area contributed by atoms with Crippen LogP contribution in [-0.4, -0.2) is 62.2 Å². The summed E-state index contributed by atoms with van der Waals surface area (Å²) in [5.74, 6) is 0. The van der Waals surface area contributed by atoms with Crippen LogP contribution in [0, 0.1) is 0 Å². The lowest BCUT2D eigenvalue weighted by Crippen LogP contribution is -2.46. The highest BCUT2D eigenvalue weighted by Gasteiger charge is 2.23. The molecule has 120 valence electrons. The zero-order valence-corrected chi connectivity index (χ0v) is 14.0. The van der Waals surface area contributed by atoms with Crippen LogP contribution in [0.25, 0.3) is 0 Å². The van der Waals surface area contributed by atoms with Gasteiger partial charge in [-0.3, -0.25) is 0 Å². The summed E-state index contributed by atoms with van der Waals surface area (Å²) in [6, 6.07) is 2.11. The normalized spacial score (nSPS) is 34.8. The molecule has 0 spiro atoms. The Hall–Kier alpha value is -0.160. The second-order valence-corrected chi connectivity index (χ2v) is 6.96. The fraction of sp³-hybridized carbons (Fsp3) is 1.00. The van der Waals surface area contributed by atoms with Crippen LogP contribution in [0.1, 0.15) is 51.4 Å². The first kappa shape index (κ1) is 17.9. The van der Waals surface area contributed by atoms with E-state index >= 15 is 0 Å². The minimum absolute atomic E-state index is 0.420. The summed E-state index contributed by atoms with van der Waals surface area (Å²) >= 11 is 0. The van der Waals surface area contributed by atoms with Crippen LogP contribution in [0.5, 0.6) is 0 Å². The van der Waals surface area contributed by atoms with Gasteiger partial charge in [0.1, 0.15) is 0 Å². The van der Waals surface area contributed by atoms with Crippen LogP contribution >= 0.6 is 0 Å². The first-order chi connectivity index (χ1) is 9.43. The first-order valence-electron chi connectivity index (χ1n) is 8.27. The molecule has 2 fully saturated rings. The number of likely N-dealkylation sites (N-methyl/N-ethyl adjacent to an activating group) is 2. The molecule has 4 atom stereocenters. The molecule has 4 heteroatoms. The average molecular weight is 284 g/mol. The number of rotatable bonds is 2. The van der Waals surface area contributed by atoms with E-state index in [1.807, 2.05) is 0 Å². The largest absolute Gasteiger partial charge is 0.326 e. The third-order valence-corrected chi connectivity index (χ3v) is 4.89. The summed E-state index contributed by atoms with van der Waals surface area (Å²) in [6.45, 7) is 0. The Bertz CT molecular complexity index is 229. The number of nitrogens with two attached hydrogens (primary N) is 2. The Balaban J connectivity index is 0.000000200. The lowest BCUT2D eigenvalue weighted by Gasteiger charge is -2.33. The van der Waals surface area contributed by atoms with Crippen LogP contribution in [0.2, 0.25) is 0 Å². The van der Waals surface area contributed by atoms with Gasteiger partial charge in [0.15, 0.2) is 0 Å². The van der Waals surface area contributed by atoms with Crippen molar-refractivity contribution in [3.63, 3.8) is 0 Å². The van der Waals surface area contributed by atoms with Gasteiger partial charge in [0, 0.05) is 24.2 Å². The van der Waals surface area contributed by atoms with E-state index in [0.717, 1.165) is 0 Å². The molecule has 2 saturated carbocycles. The molecule has 4 N–H and O–H groups in total. The van der Waals surface area contributed by atoms with Gasteiger partial charge < -0.3 is 21.3 Å². The number of hydrogen-bond donors (Lipinski definition) is 2. The highest BCUT2D eigenvalue weighted by Crippen LogP contribution is 2.20. The minimum Gasteiger partial charge on any atom is -0.326 e. The third kappa shape index (κ3) is 5.68. The maximum Gasteiger partial charge on any atom is 0.0241 e. The molecular formula is C16H36N4. The fourth-order valence-corrected chi connectivity index (χ4v) is 3.56. The van der Waals surface area contributed by atoms with Crippen molar-refractivity contribution < 1.29 is 0 Å². The van der Waals surface area contributed by atoms with Crippen molar-refractivity contribution in [1.82, 2.24) is 9.80 Å². The van der Waals surface area contributed by atoms with Gasteiger partial charge in [-0.05, 0) is 53.9 Å². The van der Waals surface area contributed by atoms with E-state index in [0.29, 0.717) is 24.2 Å². The van der Waals surface area contributed by atoms with Gasteiger partial charge in [0.05, 0.1) is 0 Å². The number of nitrogens with zero attached hydrogens (tertiary/aromatic N) is 2. The Morgan fingerprint density at radius 3 is 1.10 bits per heavy atom. The third-order valence-electron chi connectivity index (χ3n) is 4.89. The standard InChI is InChI=1S/2C8H18N2/c2*1-10(2)8-6-4-3-5-7(8)9/h2*7-8H,3-6,9H2,1-2H3/t2*7-,8-/m10/s1. The van der Waals surface area contributed by atoms with Crippen LogP contribution in [0.15, 0.2) is 0 Å². The summed E-state index contributed by atoms with van der Waals surface area (Å²) in [6.07, 6.45) is 10.4. The van der Waals surface area contributed by atoms with Gasteiger partial charge in [-0.15, -0.1) is 0 Å². The fourth-order valence-electron chi connectivity index (χ4n) is 3.56. The maximum absolute atomic E-state index is 5.94. The van der Waals surface area contributed by atoms with Crippen molar-refractivity contribution in [2.75, 3.05) is 28.2 Å². The van der Waals surface area contributed by atoms with E-state index in [4.69, 9.17) is 11.5 Å². The van der Waals surface area contributed by atoms with Crippen molar-refractivity contribution in [2.24, 2.45) is 11.5 Å². The Morgan fingerprint density at radius 1 is 0.600 bits per heavy atom. The Labute approximate surface area is 125 Å². The summed E-state index contributed by atoms with van der Waals surface area (Å²) in [5, 5.41) is 0. The quantitative estimate of drug-likeness (QED) is 0.809. The first-order valence-corrected chi connectivity index (χ1v) is 8.27. The minimum atomic E-state index is 0.420. The molecule has 0 aromatic carbocycles. The van der Waals surface area contributed by atoms with Gasteiger partial charge >= 0.3 is 0 Å². The van der Waals surface area contributed by atoms with E-state index in [9.17, 15) is 0 Å². The highest BCUT2D eigenvalue weighted by molar-refractivity contribution is 4.83. The second-order valence-electron chi connectivity index (χ2n) is 6.96. The molecule has 0 unspecified atom stereocenters. The van der Waals surface area contributed by atoms with Gasteiger partial charge in [-0.25, -0.2) is 0 Å². The van der Waals surface area contributed by atoms with E-state index < -0.39 is 0 Å². The van der Waals surface area contributed by atoms with E-state index in [1.165, 1.54) is 51.4 Å². The Kier molecular flexibility index (Phi) is 8.03. The maximum atomic E-state index is 5.94. The van der Waals surface area contributed by atoms with E-state index in [-0.39, 0.29) is 0 Å². The van der Waals surface area contributed by atoms with Crippen LogP contribution < -0.4 is 11.5 Å². The van der Waals surface area contributed by atoms with Crippen molar-refractivity contribution in [3.05, 3.63) is 0 Å². The van der Waals surface area contributed by atoms with E-state index in [2.05, 4.69) is 38.0 Å². The zero-order valence-electron chi connectivity index (χ0n) is 14.0. The van der Waals surface area contributed by atoms with Gasteiger partial charge in [0.25, 0.3) is 0 Å². The molecule has 0 heterocycles. The van der Waals surface area contributed by atoms with Crippen molar-refractivity contribution in [2.45, 2.75) is 75.5 Å². The zero-order chi connectivity index (χ0) is 15.1. The molecule has 2 rings (SSSR count). The van der Waals surface area contributed by atoms with Crippen molar-refractivity contribution in [3.8, 4) is 0 Å². The monoisotopic (exact) mass is 284 g/mol. The summed E-state index contributed by atoms with van der Waals surface area (Å²) in [4.78, 5) is 4.51. The van der Waals surface area contributed by atoms with Gasteiger partial charge in [-0.2, -0.15) is 0 Å². The molecule has 0 aliphatic heterocycles. The predicted molar refractivity (Wildman–Crippen MR) is 87.8 cm³/mol. The Morgan fingerprint density at radius 2 is 0.900 bits per heavy atom. The number of hydrogen-bond acceptors (Lipinski definition) is 4. The van der Waals surface area contributed by atoms with E-state index in [1.54, 1.807) is 0 Å². The molecule has 0 saturated heterocycles. The van der Waals surface area contributed by atoms with Crippen molar-refractivity contribution >= 4 is 0 Å². The molecule has 2 aliphatic carbocycles. The molecular weight excluding hydrogens is 248 g/mol. The molecule has 0 aromatic rings. The van der Waals surface area contributed by atoms with Gasteiger partial charge in [0.2, 0.25) is 0 Å². The second kappa shape index (κ2) is 8.98. The smallest absolute Gasteiger partial charge is 0.0241 e. The highest BCUT2D eigenvalue weighted by atomic mass is 15.1. The molecule has 4 nitrogen and oxygen atoms in total. The molecule has 0 bridgehead atoms. The van der Waals surface area contributed by atoms with Crippen molar-refractivity contribution in [1.29, 1.82) is 0 Å². The SMILES string of the molecule is CN(C)[C@@H]1CCCC[C@H]1N.CN(C)[C@H]1CCCC[C@@H]1N. The van der Waals surface area contributed by atoms with Crippen LogP contribution in [0.3, 0.4) is 0 Å². The lowest BCUT2D eigenvalue weighted by atomic mass is 9.90. The molecule has 20 heavy (non-hydrogen) atoms. The summed E-state index contributed by atoms with van der Waals surface area (Å²) in [5.41, 5.74) is 11.9.